The third-order valence-corrected chi connectivity index (χ3v) is 3.34. The van der Waals surface area contributed by atoms with Gasteiger partial charge in [0.05, 0.1) is 0 Å². The summed E-state index contributed by atoms with van der Waals surface area (Å²) in [7, 11) is 0. The van der Waals surface area contributed by atoms with Gasteiger partial charge in [-0.2, -0.15) is 0 Å². The Morgan fingerprint density at radius 3 is 2.43 bits per heavy atom. The molecule has 0 bridgehead atoms. The van der Waals surface area contributed by atoms with Crippen LogP contribution in [0.25, 0.3) is 0 Å². The minimum atomic E-state index is 0.389. The predicted octanol–water partition coefficient (Wildman–Crippen LogP) is 3.37. The van der Waals surface area contributed by atoms with E-state index in [1.807, 2.05) is 12.1 Å². The smallest absolute Gasteiger partial charge is 0.0406 e. The zero-order chi connectivity index (χ0) is 10.0. The molecule has 1 nitrogen and oxygen atoms in total. The first-order valence-corrected chi connectivity index (χ1v) is 5.55. The molecule has 0 unspecified atom stereocenters. The van der Waals surface area contributed by atoms with E-state index in [0.29, 0.717) is 5.54 Å². The zero-order valence-electron chi connectivity index (χ0n) is 8.52. The maximum Gasteiger partial charge on any atom is 0.0406 e. The molecular weight excluding hydrogens is 194 g/mol. The standard InChI is InChI=1S/C12H16ClN/c1-12(7-2-8-12)14-9-10-3-5-11(13)6-4-10/h3-6,14H,2,7-9H2,1H3. The highest BCUT2D eigenvalue weighted by Crippen LogP contribution is 2.31. The van der Waals surface area contributed by atoms with Crippen molar-refractivity contribution in [3.8, 4) is 0 Å². The summed E-state index contributed by atoms with van der Waals surface area (Å²) in [5.41, 5.74) is 1.70. The van der Waals surface area contributed by atoms with Crippen molar-refractivity contribution in [2.24, 2.45) is 0 Å². The second kappa shape index (κ2) is 3.92. The average molecular weight is 210 g/mol. The first kappa shape index (κ1) is 10.0. The summed E-state index contributed by atoms with van der Waals surface area (Å²) in [6.45, 7) is 3.25. The van der Waals surface area contributed by atoms with E-state index in [1.54, 1.807) is 0 Å². The lowest BCUT2D eigenvalue weighted by atomic mass is 9.78. The largest absolute Gasteiger partial charge is 0.307 e. The van der Waals surface area contributed by atoms with Gasteiger partial charge in [0.15, 0.2) is 0 Å². The molecule has 1 aromatic carbocycles. The molecular formula is C12H16ClN. The summed E-state index contributed by atoms with van der Waals surface area (Å²) >= 11 is 5.82. The zero-order valence-corrected chi connectivity index (χ0v) is 9.27. The number of hydrogen-bond acceptors (Lipinski definition) is 1. The second-order valence-corrected chi connectivity index (χ2v) is 4.83. The molecule has 2 heteroatoms. The maximum absolute atomic E-state index is 5.82. The van der Waals surface area contributed by atoms with Gasteiger partial charge >= 0.3 is 0 Å². The van der Waals surface area contributed by atoms with Gasteiger partial charge in [0, 0.05) is 17.1 Å². The van der Waals surface area contributed by atoms with Crippen LogP contribution in [-0.2, 0) is 6.54 Å². The van der Waals surface area contributed by atoms with Crippen molar-refractivity contribution in [3.63, 3.8) is 0 Å². The number of hydrogen-bond donors (Lipinski definition) is 1. The molecule has 2 rings (SSSR count). The van der Waals surface area contributed by atoms with Crippen molar-refractivity contribution >= 4 is 11.6 Å². The van der Waals surface area contributed by atoms with Crippen molar-refractivity contribution in [1.29, 1.82) is 0 Å². The summed E-state index contributed by atoms with van der Waals surface area (Å²) in [4.78, 5) is 0. The Morgan fingerprint density at radius 2 is 1.93 bits per heavy atom. The molecule has 0 saturated heterocycles. The summed E-state index contributed by atoms with van der Waals surface area (Å²) in [6, 6.07) is 8.05. The van der Waals surface area contributed by atoms with Crippen LogP contribution in [-0.4, -0.2) is 5.54 Å². The molecule has 1 N–H and O–H groups in total. The van der Waals surface area contributed by atoms with Crippen molar-refractivity contribution in [2.75, 3.05) is 0 Å². The van der Waals surface area contributed by atoms with Crippen LogP contribution in [0.1, 0.15) is 31.7 Å². The van der Waals surface area contributed by atoms with Crippen molar-refractivity contribution in [2.45, 2.75) is 38.3 Å². The normalized spacial score (nSPS) is 19.0. The van der Waals surface area contributed by atoms with E-state index in [9.17, 15) is 0 Å². The quantitative estimate of drug-likeness (QED) is 0.805. The van der Waals surface area contributed by atoms with E-state index in [4.69, 9.17) is 11.6 Å². The van der Waals surface area contributed by atoms with Crippen molar-refractivity contribution in [3.05, 3.63) is 34.9 Å². The minimum Gasteiger partial charge on any atom is -0.307 e. The molecule has 1 aromatic rings. The van der Waals surface area contributed by atoms with Gasteiger partial charge in [-0.25, -0.2) is 0 Å². The van der Waals surface area contributed by atoms with E-state index >= 15 is 0 Å². The van der Waals surface area contributed by atoms with Gasteiger partial charge in [-0.05, 0) is 43.9 Å². The van der Waals surface area contributed by atoms with Crippen molar-refractivity contribution < 1.29 is 0 Å². The third-order valence-electron chi connectivity index (χ3n) is 3.09. The summed E-state index contributed by atoms with van der Waals surface area (Å²) in [5.74, 6) is 0. The summed E-state index contributed by atoms with van der Waals surface area (Å²) in [6.07, 6.45) is 3.98. The molecule has 1 fully saturated rings. The van der Waals surface area contributed by atoms with E-state index in [1.165, 1.54) is 24.8 Å². The number of benzene rings is 1. The van der Waals surface area contributed by atoms with Crippen LogP contribution in [0.15, 0.2) is 24.3 Å². The molecule has 0 aromatic heterocycles. The number of halogens is 1. The van der Waals surface area contributed by atoms with E-state index in [2.05, 4.69) is 24.4 Å². The van der Waals surface area contributed by atoms with Crippen LogP contribution in [0.3, 0.4) is 0 Å². The van der Waals surface area contributed by atoms with Gasteiger partial charge in [-0.3, -0.25) is 0 Å². The van der Waals surface area contributed by atoms with Gasteiger partial charge in [0.25, 0.3) is 0 Å². The highest BCUT2D eigenvalue weighted by molar-refractivity contribution is 6.30. The molecule has 0 heterocycles. The molecule has 0 amide bonds. The molecule has 0 radical (unpaired) electrons. The second-order valence-electron chi connectivity index (χ2n) is 4.39. The Bertz CT molecular complexity index is 301. The molecule has 0 aliphatic heterocycles. The lowest BCUT2D eigenvalue weighted by molar-refractivity contribution is 0.207. The maximum atomic E-state index is 5.82. The molecule has 0 atom stereocenters. The van der Waals surface area contributed by atoms with Crippen LogP contribution >= 0.6 is 11.6 Å². The van der Waals surface area contributed by atoms with E-state index in [-0.39, 0.29) is 0 Å². The van der Waals surface area contributed by atoms with Crippen LogP contribution in [0.2, 0.25) is 5.02 Å². The van der Waals surface area contributed by atoms with E-state index < -0.39 is 0 Å². The lowest BCUT2D eigenvalue weighted by Crippen LogP contribution is -2.47. The Morgan fingerprint density at radius 1 is 1.29 bits per heavy atom. The molecule has 14 heavy (non-hydrogen) atoms. The summed E-state index contributed by atoms with van der Waals surface area (Å²) < 4.78 is 0. The first-order chi connectivity index (χ1) is 6.68. The number of nitrogens with one attached hydrogen (secondary N) is 1. The lowest BCUT2D eigenvalue weighted by Gasteiger charge is -2.39. The van der Waals surface area contributed by atoms with Gasteiger partial charge in [0.2, 0.25) is 0 Å². The summed E-state index contributed by atoms with van der Waals surface area (Å²) in [5, 5.41) is 4.40. The predicted molar refractivity (Wildman–Crippen MR) is 60.5 cm³/mol. The highest BCUT2D eigenvalue weighted by Gasteiger charge is 2.30. The Labute approximate surface area is 90.5 Å². The van der Waals surface area contributed by atoms with Gasteiger partial charge < -0.3 is 5.32 Å². The van der Waals surface area contributed by atoms with Gasteiger partial charge in [0.1, 0.15) is 0 Å². The Hall–Kier alpha value is -0.530. The van der Waals surface area contributed by atoms with Gasteiger partial charge in [-0.1, -0.05) is 23.7 Å². The van der Waals surface area contributed by atoms with Crippen LogP contribution < -0.4 is 5.32 Å². The fraction of sp³-hybridized carbons (Fsp3) is 0.500. The van der Waals surface area contributed by atoms with Crippen LogP contribution in [0, 0.1) is 0 Å². The molecule has 1 aliphatic carbocycles. The molecule has 1 aliphatic rings. The van der Waals surface area contributed by atoms with E-state index in [0.717, 1.165) is 11.6 Å². The number of rotatable bonds is 3. The highest BCUT2D eigenvalue weighted by atomic mass is 35.5. The fourth-order valence-electron chi connectivity index (χ4n) is 1.80. The topological polar surface area (TPSA) is 12.0 Å². The first-order valence-electron chi connectivity index (χ1n) is 5.17. The third kappa shape index (κ3) is 2.28. The Balaban J connectivity index is 1.88. The molecule has 76 valence electrons. The minimum absolute atomic E-state index is 0.389. The monoisotopic (exact) mass is 209 g/mol. The SMILES string of the molecule is CC1(NCc2ccc(Cl)cc2)CCC1. The molecule has 0 spiro atoms. The Kier molecular flexibility index (Phi) is 2.80. The van der Waals surface area contributed by atoms with Gasteiger partial charge in [-0.15, -0.1) is 0 Å². The average Bonchev–Trinajstić information content (AvgIpc) is 2.14. The van der Waals surface area contributed by atoms with Crippen LogP contribution in [0.4, 0.5) is 0 Å². The molecule has 1 saturated carbocycles. The van der Waals surface area contributed by atoms with Crippen molar-refractivity contribution in [1.82, 2.24) is 5.32 Å². The van der Waals surface area contributed by atoms with Crippen LogP contribution in [0.5, 0.6) is 0 Å². The fourth-order valence-corrected chi connectivity index (χ4v) is 1.93.